The summed E-state index contributed by atoms with van der Waals surface area (Å²) in [5.41, 5.74) is 7.24. The van der Waals surface area contributed by atoms with Crippen LogP contribution < -0.4 is 5.73 Å². The number of benzene rings is 1. The molecule has 2 atom stereocenters. The lowest BCUT2D eigenvalue weighted by Gasteiger charge is -2.21. The average molecular weight is 288 g/mol. The maximum Gasteiger partial charge on any atom is 0.0640 e. The third-order valence-corrected chi connectivity index (χ3v) is 4.35. The van der Waals surface area contributed by atoms with Gasteiger partial charge >= 0.3 is 0 Å². The zero-order valence-electron chi connectivity index (χ0n) is 11.3. The number of nitrogens with two attached hydrogens (primary N) is 1. The molecule has 0 radical (unpaired) electrons. The molecule has 0 bridgehead atoms. The Bertz CT molecular complexity index is 366. The Labute approximate surface area is 121 Å². The molecule has 0 saturated carbocycles. The van der Waals surface area contributed by atoms with Crippen LogP contribution in [0.2, 0.25) is 10.0 Å². The van der Waals surface area contributed by atoms with Crippen LogP contribution in [0.3, 0.4) is 0 Å². The highest BCUT2D eigenvalue weighted by molar-refractivity contribution is 6.42. The van der Waals surface area contributed by atoms with Crippen LogP contribution in [0.15, 0.2) is 18.2 Å². The Balaban J connectivity index is 2.68. The van der Waals surface area contributed by atoms with Gasteiger partial charge in [-0.05, 0) is 24.0 Å². The molecule has 1 rings (SSSR count). The molecule has 0 aliphatic carbocycles. The molecule has 0 saturated heterocycles. The highest BCUT2D eigenvalue weighted by Gasteiger charge is 2.16. The Morgan fingerprint density at radius 3 is 2.56 bits per heavy atom. The molecule has 0 spiro atoms. The van der Waals surface area contributed by atoms with Gasteiger partial charge in [0.15, 0.2) is 0 Å². The fourth-order valence-electron chi connectivity index (χ4n) is 2.27. The number of hydrogen-bond acceptors (Lipinski definition) is 1. The minimum atomic E-state index is -0.0157. The fraction of sp³-hybridized carbons (Fsp3) is 0.600. The van der Waals surface area contributed by atoms with E-state index in [1.165, 1.54) is 25.7 Å². The second-order valence-corrected chi connectivity index (χ2v) is 5.69. The van der Waals surface area contributed by atoms with Gasteiger partial charge in [-0.25, -0.2) is 0 Å². The van der Waals surface area contributed by atoms with Gasteiger partial charge in [-0.1, -0.05) is 74.9 Å². The van der Waals surface area contributed by atoms with Gasteiger partial charge in [-0.2, -0.15) is 0 Å². The van der Waals surface area contributed by atoms with Gasteiger partial charge in [0.25, 0.3) is 0 Å². The molecule has 1 aromatic carbocycles. The number of halogens is 2. The van der Waals surface area contributed by atoms with Crippen molar-refractivity contribution in [2.75, 3.05) is 0 Å². The smallest absolute Gasteiger partial charge is 0.0640 e. The number of hydrogen-bond donors (Lipinski definition) is 1. The normalized spacial score (nSPS) is 14.5. The third kappa shape index (κ3) is 4.46. The van der Waals surface area contributed by atoms with Gasteiger partial charge < -0.3 is 5.73 Å². The second-order valence-electron chi connectivity index (χ2n) is 4.90. The van der Waals surface area contributed by atoms with Crippen LogP contribution in [0.4, 0.5) is 0 Å². The predicted octanol–water partition coefficient (Wildman–Crippen LogP) is 5.60. The summed E-state index contributed by atoms with van der Waals surface area (Å²) < 4.78 is 0. The van der Waals surface area contributed by atoms with E-state index >= 15 is 0 Å². The van der Waals surface area contributed by atoms with E-state index in [1.807, 2.05) is 12.1 Å². The lowest BCUT2D eigenvalue weighted by molar-refractivity contribution is 0.388. The first kappa shape index (κ1) is 15.8. The van der Waals surface area contributed by atoms with Crippen LogP contribution in [0.1, 0.15) is 57.6 Å². The van der Waals surface area contributed by atoms with E-state index in [2.05, 4.69) is 13.8 Å². The third-order valence-electron chi connectivity index (χ3n) is 3.51. The first-order valence-electron chi connectivity index (χ1n) is 6.79. The maximum absolute atomic E-state index is 6.27. The monoisotopic (exact) mass is 287 g/mol. The Hall–Kier alpha value is -0.240. The summed E-state index contributed by atoms with van der Waals surface area (Å²) in [5, 5.41) is 1.20. The van der Waals surface area contributed by atoms with Crippen molar-refractivity contribution >= 4 is 23.2 Å². The molecular formula is C15H23Cl2N. The molecule has 18 heavy (non-hydrogen) atoms. The van der Waals surface area contributed by atoms with E-state index in [4.69, 9.17) is 28.9 Å². The summed E-state index contributed by atoms with van der Waals surface area (Å²) in [7, 11) is 0. The molecule has 0 aliphatic heterocycles. The van der Waals surface area contributed by atoms with Gasteiger partial charge in [-0.15, -0.1) is 0 Å². The lowest BCUT2D eigenvalue weighted by Crippen LogP contribution is -2.16. The molecule has 0 fully saturated rings. The van der Waals surface area contributed by atoms with Crippen molar-refractivity contribution in [1.29, 1.82) is 0 Å². The summed E-state index contributed by atoms with van der Waals surface area (Å²) in [4.78, 5) is 0. The Morgan fingerprint density at radius 1 is 1.22 bits per heavy atom. The minimum absolute atomic E-state index is 0.0157. The van der Waals surface area contributed by atoms with Crippen molar-refractivity contribution in [3.63, 3.8) is 0 Å². The summed E-state index contributed by atoms with van der Waals surface area (Å²) >= 11 is 12.2. The highest BCUT2D eigenvalue weighted by Crippen LogP contribution is 2.33. The molecule has 2 N–H and O–H groups in total. The van der Waals surface area contributed by atoms with Gasteiger partial charge in [0.05, 0.1) is 10.0 Å². The van der Waals surface area contributed by atoms with E-state index in [1.54, 1.807) is 6.07 Å². The Morgan fingerprint density at radius 2 is 1.94 bits per heavy atom. The van der Waals surface area contributed by atoms with Crippen LogP contribution in [-0.4, -0.2) is 0 Å². The topological polar surface area (TPSA) is 26.0 Å². The van der Waals surface area contributed by atoms with E-state index in [9.17, 15) is 0 Å². The quantitative estimate of drug-likeness (QED) is 0.694. The number of unbranched alkanes of at least 4 members (excludes halogenated alkanes) is 1. The van der Waals surface area contributed by atoms with Gasteiger partial charge in [0.2, 0.25) is 0 Å². The molecule has 102 valence electrons. The van der Waals surface area contributed by atoms with Gasteiger partial charge in [0.1, 0.15) is 0 Å². The molecule has 3 heteroatoms. The van der Waals surface area contributed by atoms with Gasteiger partial charge in [0, 0.05) is 6.04 Å². The highest BCUT2D eigenvalue weighted by atomic mass is 35.5. The lowest BCUT2D eigenvalue weighted by atomic mass is 9.89. The largest absolute Gasteiger partial charge is 0.324 e. The zero-order valence-corrected chi connectivity index (χ0v) is 12.8. The molecular weight excluding hydrogens is 265 g/mol. The van der Waals surface area contributed by atoms with Crippen LogP contribution in [-0.2, 0) is 0 Å². The molecule has 0 aliphatic rings. The average Bonchev–Trinajstić information content (AvgIpc) is 2.37. The van der Waals surface area contributed by atoms with E-state index in [0.29, 0.717) is 16.0 Å². The van der Waals surface area contributed by atoms with Crippen molar-refractivity contribution in [2.24, 2.45) is 11.7 Å². The van der Waals surface area contributed by atoms with E-state index in [0.717, 1.165) is 12.0 Å². The second kappa shape index (κ2) is 8.04. The Kier molecular flexibility index (Phi) is 7.06. The summed E-state index contributed by atoms with van der Waals surface area (Å²) in [5.74, 6) is 0.676. The first-order chi connectivity index (χ1) is 8.60. The van der Waals surface area contributed by atoms with Crippen LogP contribution in [0.25, 0.3) is 0 Å². The standard InChI is InChI=1S/C15H23Cl2N/c1-3-5-7-11(4-2)10-14(18)12-8-6-9-13(16)15(12)17/h6,8-9,11,14H,3-5,7,10,18H2,1-2H3. The summed E-state index contributed by atoms with van der Waals surface area (Å²) in [6, 6.07) is 5.68. The molecule has 2 unspecified atom stereocenters. The molecule has 1 nitrogen and oxygen atoms in total. The zero-order chi connectivity index (χ0) is 13.5. The maximum atomic E-state index is 6.27. The van der Waals surface area contributed by atoms with Crippen LogP contribution in [0.5, 0.6) is 0 Å². The molecule has 0 amide bonds. The van der Waals surface area contributed by atoms with Crippen molar-refractivity contribution < 1.29 is 0 Å². The van der Waals surface area contributed by atoms with Crippen molar-refractivity contribution in [3.8, 4) is 0 Å². The van der Waals surface area contributed by atoms with Crippen molar-refractivity contribution in [2.45, 2.75) is 52.0 Å². The molecule has 0 heterocycles. The molecule has 0 aromatic heterocycles. The van der Waals surface area contributed by atoms with Crippen molar-refractivity contribution in [3.05, 3.63) is 33.8 Å². The summed E-state index contributed by atoms with van der Waals surface area (Å²) in [6.07, 6.45) is 5.92. The first-order valence-corrected chi connectivity index (χ1v) is 7.55. The minimum Gasteiger partial charge on any atom is -0.324 e. The van der Waals surface area contributed by atoms with E-state index in [-0.39, 0.29) is 6.04 Å². The fourth-order valence-corrected chi connectivity index (χ4v) is 2.72. The number of rotatable bonds is 7. The van der Waals surface area contributed by atoms with Crippen LogP contribution >= 0.6 is 23.2 Å². The van der Waals surface area contributed by atoms with E-state index < -0.39 is 0 Å². The predicted molar refractivity (Wildman–Crippen MR) is 81.3 cm³/mol. The summed E-state index contributed by atoms with van der Waals surface area (Å²) in [6.45, 7) is 4.45. The SMILES string of the molecule is CCCCC(CC)CC(N)c1cccc(Cl)c1Cl. The molecule has 1 aromatic rings. The van der Waals surface area contributed by atoms with Gasteiger partial charge in [-0.3, -0.25) is 0 Å². The van der Waals surface area contributed by atoms with Crippen molar-refractivity contribution in [1.82, 2.24) is 0 Å². The van der Waals surface area contributed by atoms with Crippen LogP contribution in [0, 0.1) is 5.92 Å².